The Morgan fingerprint density at radius 1 is 1.25 bits per heavy atom. The van der Waals surface area contributed by atoms with Gasteiger partial charge < -0.3 is 19.7 Å². The lowest BCUT2D eigenvalue weighted by atomic mass is 10.1. The molecule has 0 saturated carbocycles. The first-order chi connectivity index (χ1) is 13.2. The summed E-state index contributed by atoms with van der Waals surface area (Å²) in [6, 6.07) is 10.3. The van der Waals surface area contributed by atoms with Crippen molar-refractivity contribution in [3.05, 3.63) is 35.9 Å². The molecule has 1 aliphatic heterocycles. The quantitative estimate of drug-likeness (QED) is 0.174. The van der Waals surface area contributed by atoms with Crippen LogP contribution in [0.5, 0.6) is 0 Å². The molecule has 28 heavy (non-hydrogen) atoms. The summed E-state index contributed by atoms with van der Waals surface area (Å²) in [7, 11) is 3.27. The highest BCUT2D eigenvalue weighted by atomic mass is 127. The van der Waals surface area contributed by atoms with Crippen molar-refractivity contribution in [3.8, 4) is 0 Å². The second-order valence-electron chi connectivity index (χ2n) is 6.96. The highest BCUT2D eigenvalue weighted by molar-refractivity contribution is 14.0. The van der Waals surface area contributed by atoms with Crippen molar-refractivity contribution < 1.29 is 14.3 Å². The maximum atomic E-state index is 11.1. The van der Waals surface area contributed by atoms with Crippen molar-refractivity contribution in [2.75, 3.05) is 40.4 Å². The van der Waals surface area contributed by atoms with Crippen molar-refractivity contribution in [1.29, 1.82) is 0 Å². The highest BCUT2D eigenvalue weighted by Crippen LogP contribution is 2.17. The summed E-state index contributed by atoms with van der Waals surface area (Å²) in [5.41, 5.74) is 1.22. The average Bonchev–Trinajstić information content (AvgIpc) is 3.16. The number of unbranched alkanes of at least 4 members (excludes halogenated alkanes) is 2. The Bertz CT molecular complexity index is 584. The first-order valence-corrected chi connectivity index (χ1v) is 9.87. The zero-order valence-corrected chi connectivity index (χ0v) is 19.4. The lowest BCUT2D eigenvalue weighted by Crippen LogP contribution is -2.40. The van der Waals surface area contributed by atoms with Gasteiger partial charge in [0.25, 0.3) is 0 Å². The van der Waals surface area contributed by atoms with E-state index in [0.29, 0.717) is 18.9 Å². The summed E-state index contributed by atoms with van der Waals surface area (Å²) in [6.45, 7) is 4.34. The van der Waals surface area contributed by atoms with Gasteiger partial charge in [-0.25, -0.2) is 0 Å². The van der Waals surface area contributed by atoms with E-state index < -0.39 is 0 Å². The van der Waals surface area contributed by atoms with Crippen LogP contribution in [-0.2, 0) is 20.9 Å². The number of halogens is 1. The van der Waals surface area contributed by atoms with Crippen LogP contribution >= 0.6 is 24.0 Å². The van der Waals surface area contributed by atoms with Crippen LogP contribution in [0.15, 0.2) is 35.3 Å². The van der Waals surface area contributed by atoms with E-state index in [0.717, 1.165) is 57.9 Å². The fourth-order valence-electron chi connectivity index (χ4n) is 3.28. The standard InChI is InChI=1S/C21H33N3O3.HI/c1-22-21(23-13-8-4-7-11-20(25)26-2)24-14-12-19(15-24)17-27-16-18-9-5-3-6-10-18;/h3,5-6,9-10,19H,4,7-8,11-17H2,1-2H3,(H,22,23);1H. The van der Waals surface area contributed by atoms with Crippen LogP contribution in [0, 0.1) is 5.92 Å². The van der Waals surface area contributed by atoms with Crippen molar-refractivity contribution in [1.82, 2.24) is 10.2 Å². The largest absolute Gasteiger partial charge is 0.469 e. The normalized spacial score (nSPS) is 16.6. The summed E-state index contributed by atoms with van der Waals surface area (Å²) in [5, 5.41) is 3.43. The molecule has 1 saturated heterocycles. The molecule has 0 amide bonds. The Labute approximate surface area is 186 Å². The molecular weight excluding hydrogens is 469 g/mol. The molecule has 0 aliphatic carbocycles. The molecule has 1 N–H and O–H groups in total. The maximum absolute atomic E-state index is 11.1. The van der Waals surface area contributed by atoms with Gasteiger partial charge in [-0.15, -0.1) is 24.0 Å². The first kappa shape index (κ1) is 24.7. The number of carbonyl (C=O) groups is 1. The second-order valence-corrected chi connectivity index (χ2v) is 6.96. The molecule has 2 rings (SSSR count). The van der Waals surface area contributed by atoms with E-state index in [-0.39, 0.29) is 29.9 Å². The number of likely N-dealkylation sites (tertiary alicyclic amines) is 1. The summed E-state index contributed by atoms with van der Waals surface area (Å²) in [4.78, 5) is 17.8. The molecule has 6 nitrogen and oxygen atoms in total. The number of aliphatic imine (C=N–C) groups is 1. The van der Waals surface area contributed by atoms with Gasteiger partial charge in [-0.1, -0.05) is 36.8 Å². The van der Waals surface area contributed by atoms with Gasteiger partial charge in [-0.05, 0) is 24.8 Å². The van der Waals surface area contributed by atoms with Crippen LogP contribution in [0.25, 0.3) is 0 Å². The molecule has 1 unspecified atom stereocenters. The van der Waals surface area contributed by atoms with E-state index in [1.54, 1.807) is 0 Å². The van der Waals surface area contributed by atoms with Crippen LogP contribution < -0.4 is 5.32 Å². The number of nitrogens with one attached hydrogen (secondary N) is 1. The monoisotopic (exact) mass is 503 g/mol. The van der Waals surface area contributed by atoms with Gasteiger partial charge in [0.1, 0.15) is 0 Å². The fraction of sp³-hybridized carbons (Fsp3) is 0.619. The molecule has 1 aromatic carbocycles. The van der Waals surface area contributed by atoms with Crippen LogP contribution in [-0.4, -0.2) is 57.2 Å². The first-order valence-electron chi connectivity index (χ1n) is 9.87. The smallest absolute Gasteiger partial charge is 0.305 e. The number of benzene rings is 1. The molecule has 1 aliphatic rings. The van der Waals surface area contributed by atoms with E-state index in [2.05, 4.69) is 32.1 Å². The average molecular weight is 503 g/mol. The summed E-state index contributed by atoms with van der Waals surface area (Å²) in [6.07, 6.45) is 4.54. The SMILES string of the molecule is CN=C(NCCCCCC(=O)OC)N1CCC(COCc2ccccc2)C1.I. The molecule has 1 heterocycles. The van der Waals surface area contributed by atoms with E-state index in [4.69, 9.17) is 4.74 Å². The number of methoxy groups -OCH3 is 1. The topological polar surface area (TPSA) is 63.2 Å². The highest BCUT2D eigenvalue weighted by Gasteiger charge is 2.24. The van der Waals surface area contributed by atoms with Crippen molar-refractivity contribution in [3.63, 3.8) is 0 Å². The lowest BCUT2D eigenvalue weighted by molar-refractivity contribution is -0.140. The molecule has 1 atom stereocenters. The van der Waals surface area contributed by atoms with Crippen LogP contribution in [0.2, 0.25) is 0 Å². The molecule has 0 aromatic heterocycles. The summed E-state index contributed by atoms with van der Waals surface area (Å²) >= 11 is 0. The van der Waals surface area contributed by atoms with Crippen molar-refractivity contribution >= 4 is 35.9 Å². The Balaban J connectivity index is 0.00000392. The Morgan fingerprint density at radius 2 is 2.04 bits per heavy atom. The fourth-order valence-corrected chi connectivity index (χ4v) is 3.28. The number of nitrogens with zero attached hydrogens (tertiary/aromatic N) is 2. The number of hydrogen-bond donors (Lipinski definition) is 1. The predicted molar refractivity (Wildman–Crippen MR) is 123 cm³/mol. The van der Waals surface area contributed by atoms with E-state index in [1.165, 1.54) is 12.7 Å². The van der Waals surface area contributed by atoms with E-state index >= 15 is 0 Å². The van der Waals surface area contributed by atoms with E-state index in [1.807, 2.05) is 25.2 Å². The van der Waals surface area contributed by atoms with Gasteiger partial charge in [0, 0.05) is 39.0 Å². The maximum Gasteiger partial charge on any atom is 0.305 e. The van der Waals surface area contributed by atoms with Gasteiger partial charge in [-0.3, -0.25) is 9.79 Å². The predicted octanol–water partition coefficient (Wildman–Crippen LogP) is 3.45. The van der Waals surface area contributed by atoms with Crippen LogP contribution in [0.4, 0.5) is 0 Å². The molecule has 1 aromatic rings. The summed E-state index contributed by atoms with van der Waals surface area (Å²) < 4.78 is 10.5. The minimum absolute atomic E-state index is 0. The minimum Gasteiger partial charge on any atom is -0.469 e. The molecule has 7 heteroatoms. The van der Waals surface area contributed by atoms with Gasteiger partial charge in [-0.2, -0.15) is 0 Å². The summed E-state index contributed by atoms with van der Waals surface area (Å²) in [5.74, 6) is 1.39. The number of rotatable bonds is 10. The van der Waals surface area contributed by atoms with Crippen molar-refractivity contribution in [2.24, 2.45) is 10.9 Å². The third-order valence-electron chi connectivity index (χ3n) is 4.83. The molecule has 0 bridgehead atoms. The van der Waals surface area contributed by atoms with Crippen LogP contribution in [0.3, 0.4) is 0 Å². The van der Waals surface area contributed by atoms with Gasteiger partial charge >= 0.3 is 5.97 Å². The molecule has 1 fully saturated rings. The number of esters is 1. The lowest BCUT2D eigenvalue weighted by Gasteiger charge is -2.21. The number of hydrogen-bond acceptors (Lipinski definition) is 4. The van der Waals surface area contributed by atoms with Gasteiger partial charge in [0.05, 0.1) is 20.3 Å². The molecular formula is C21H34IN3O3. The van der Waals surface area contributed by atoms with Gasteiger partial charge in [0.15, 0.2) is 5.96 Å². The molecule has 0 radical (unpaired) electrons. The van der Waals surface area contributed by atoms with Gasteiger partial charge in [0.2, 0.25) is 0 Å². The number of carbonyl (C=O) groups excluding carboxylic acids is 1. The third kappa shape index (κ3) is 9.23. The number of ether oxygens (including phenoxy) is 2. The molecule has 0 spiro atoms. The second kappa shape index (κ2) is 14.6. The van der Waals surface area contributed by atoms with Crippen LogP contribution in [0.1, 0.15) is 37.7 Å². The Morgan fingerprint density at radius 3 is 2.75 bits per heavy atom. The van der Waals surface area contributed by atoms with Crippen molar-refractivity contribution in [2.45, 2.75) is 38.7 Å². The minimum atomic E-state index is -0.128. The Kier molecular flexibility index (Phi) is 12.9. The number of guanidine groups is 1. The Hall–Kier alpha value is -1.35. The van der Waals surface area contributed by atoms with E-state index in [9.17, 15) is 4.79 Å². The zero-order valence-electron chi connectivity index (χ0n) is 17.1. The third-order valence-corrected chi connectivity index (χ3v) is 4.83. The zero-order chi connectivity index (χ0) is 19.3. The molecule has 158 valence electrons.